The summed E-state index contributed by atoms with van der Waals surface area (Å²) in [7, 11) is 0. The minimum absolute atomic E-state index is 0.0340. The van der Waals surface area contributed by atoms with Gasteiger partial charge in [-0.15, -0.1) is 0 Å². The molecule has 1 spiro atoms. The smallest absolute Gasteiger partial charge is 0.402 e. The zero-order valence-electron chi connectivity index (χ0n) is 17.5. The number of nitrogens with zero attached hydrogens (tertiary/aromatic N) is 3. The van der Waals surface area contributed by atoms with E-state index in [9.17, 15) is 9.59 Å². The van der Waals surface area contributed by atoms with Gasteiger partial charge in [-0.3, -0.25) is 9.78 Å². The molecule has 1 saturated heterocycles. The minimum atomic E-state index is -0.816. The standard InChI is InChI=1S/C23H15Cl2N5O4/c24-16-9-12(33-22-28-18(25)17-19(29-22)27-11-26-17)5-6-14(16)20(31)30-8-7-23(10-30)15-4-2-1-3-13(15)21(32)34-23/h1-6,9,11H,7-8,10H2,(H,26,27,28,29)/p+1/t23-/m0/s1. The molecule has 2 aromatic carbocycles. The van der Waals surface area contributed by atoms with Gasteiger partial charge in [-0.1, -0.05) is 41.4 Å². The second kappa shape index (κ2) is 7.68. The highest BCUT2D eigenvalue weighted by Gasteiger charge is 2.51. The second-order valence-electron chi connectivity index (χ2n) is 8.10. The molecule has 1 amide bonds. The van der Waals surface area contributed by atoms with E-state index in [1.165, 1.54) is 6.07 Å². The number of imidazole rings is 1. The third kappa shape index (κ3) is 3.27. The van der Waals surface area contributed by atoms with Crippen LogP contribution in [0.4, 0.5) is 0 Å². The van der Waals surface area contributed by atoms with Crippen LogP contribution in [-0.2, 0) is 10.3 Å². The molecular weight excluding hydrogens is 481 g/mol. The van der Waals surface area contributed by atoms with Crippen molar-refractivity contribution in [3.05, 3.63) is 75.7 Å². The molecule has 2 aromatic heterocycles. The van der Waals surface area contributed by atoms with E-state index in [0.717, 1.165) is 5.56 Å². The van der Waals surface area contributed by atoms with Gasteiger partial charge < -0.3 is 14.4 Å². The molecule has 0 bridgehead atoms. The summed E-state index contributed by atoms with van der Waals surface area (Å²) in [6.07, 6.45) is 2.11. The number of benzene rings is 2. The maximum atomic E-state index is 13.2. The van der Waals surface area contributed by atoms with Crippen molar-refractivity contribution in [1.82, 2.24) is 19.9 Å². The summed E-state index contributed by atoms with van der Waals surface area (Å²) in [6.45, 7) is 0.706. The zero-order valence-corrected chi connectivity index (χ0v) is 19.0. The van der Waals surface area contributed by atoms with Gasteiger partial charge >= 0.3 is 17.6 Å². The highest BCUT2D eigenvalue weighted by Crippen LogP contribution is 2.43. The van der Waals surface area contributed by atoms with Gasteiger partial charge in [0.25, 0.3) is 5.91 Å². The Labute approximate surface area is 202 Å². The molecule has 6 rings (SSSR count). The fourth-order valence-electron chi connectivity index (χ4n) is 4.48. The maximum Gasteiger partial charge on any atom is 0.402 e. The SMILES string of the molecule is O=C1O[C@]2(CCN(C(=O)c3ccc(Oc4nc(Cl)c5[nH]c[nH+]c5n4)cc3Cl)C2)c2ccccc21. The number of carbonyl (C=O) groups is 2. The number of H-pyrrole nitrogens is 2. The average Bonchev–Trinajstić information content (AvgIpc) is 3.53. The first-order valence-electron chi connectivity index (χ1n) is 10.5. The normalized spacial score (nSPS) is 19.0. The van der Waals surface area contributed by atoms with Crippen LogP contribution in [0.1, 0.15) is 32.7 Å². The Morgan fingerprint density at radius 2 is 2.06 bits per heavy atom. The molecule has 9 nitrogen and oxygen atoms in total. The van der Waals surface area contributed by atoms with Crippen LogP contribution < -0.4 is 9.72 Å². The van der Waals surface area contributed by atoms with E-state index < -0.39 is 5.60 Å². The van der Waals surface area contributed by atoms with Crippen molar-refractivity contribution in [2.45, 2.75) is 12.0 Å². The molecular formula is C23H16Cl2N5O4+. The first-order valence-corrected chi connectivity index (χ1v) is 11.2. The van der Waals surface area contributed by atoms with Gasteiger partial charge in [0.2, 0.25) is 5.52 Å². The number of amides is 1. The fourth-order valence-corrected chi connectivity index (χ4v) is 4.95. The van der Waals surface area contributed by atoms with Gasteiger partial charge in [0.05, 0.1) is 22.7 Å². The number of aromatic nitrogens is 4. The predicted molar refractivity (Wildman–Crippen MR) is 121 cm³/mol. The van der Waals surface area contributed by atoms with Crippen LogP contribution >= 0.6 is 23.2 Å². The van der Waals surface area contributed by atoms with Gasteiger partial charge in [0.15, 0.2) is 17.1 Å². The highest BCUT2D eigenvalue weighted by atomic mass is 35.5. The summed E-state index contributed by atoms with van der Waals surface area (Å²) in [5.41, 5.74) is 1.92. The monoisotopic (exact) mass is 496 g/mol. The van der Waals surface area contributed by atoms with Crippen LogP contribution in [0.2, 0.25) is 10.2 Å². The number of aromatic amines is 2. The van der Waals surface area contributed by atoms with Crippen LogP contribution in [0.3, 0.4) is 0 Å². The Bertz CT molecular complexity index is 1490. The van der Waals surface area contributed by atoms with Crippen molar-refractivity contribution in [1.29, 1.82) is 0 Å². The van der Waals surface area contributed by atoms with Crippen LogP contribution in [0, 0.1) is 0 Å². The first-order chi connectivity index (χ1) is 16.4. The van der Waals surface area contributed by atoms with E-state index in [2.05, 4.69) is 19.9 Å². The van der Waals surface area contributed by atoms with Crippen LogP contribution in [0.15, 0.2) is 48.8 Å². The lowest BCUT2D eigenvalue weighted by atomic mass is 9.91. The molecule has 0 radical (unpaired) electrons. The predicted octanol–water partition coefficient (Wildman–Crippen LogP) is 3.78. The van der Waals surface area contributed by atoms with Crippen LogP contribution in [0.25, 0.3) is 11.2 Å². The Hall–Kier alpha value is -3.69. The lowest BCUT2D eigenvalue weighted by Gasteiger charge is -2.24. The van der Waals surface area contributed by atoms with Crippen molar-refractivity contribution >= 4 is 46.2 Å². The summed E-state index contributed by atoms with van der Waals surface area (Å²) in [6, 6.07) is 12.0. The Morgan fingerprint density at radius 3 is 2.91 bits per heavy atom. The number of hydrogen-bond acceptors (Lipinski definition) is 6. The maximum absolute atomic E-state index is 13.2. The van der Waals surface area contributed by atoms with Crippen molar-refractivity contribution in [2.24, 2.45) is 0 Å². The molecule has 0 unspecified atom stereocenters. The van der Waals surface area contributed by atoms with E-state index in [-0.39, 0.29) is 34.6 Å². The number of likely N-dealkylation sites (tertiary alicyclic amines) is 1. The van der Waals surface area contributed by atoms with E-state index in [1.54, 1.807) is 35.5 Å². The molecule has 1 fully saturated rings. The second-order valence-corrected chi connectivity index (χ2v) is 8.87. The molecule has 2 aliphatic rings. The summed E-state index contributed by atoms with van der Waals surface area (Å²) in [4.78, 5) is 41.4. The summed E-state index contributed by atoms with van der Waals surface area (Å²) in [5.74, 6) is -0.261. The van der Waals surface area contributed by atoms with E-state index in [4.69, 9.17) is 32.7 Å². The molecule has 0 saturated carbocycles. The molecule has 2 aliphatic heterocycles. The lowest BCUT2D eigenvalue weighted by molar-refractivity contribution is -0.347. The zero-order chi connectivity index (χ0) is 23.4. The molecule has 2 N–H and O–H groups in total. The number of rotatable bonds is 3. The Balaban J connectivity index is 1.22. The van der Waals surface area contributed by atoms with Gasteiger partial charge in [-0.25, -0.2) is 9.78 Å². The molecule has 170 valence electrons. The van der Waals surface area contributed by atoms with Crippen LogP contribution in [-0.4, -0.2) is 44.8 Å². The number of halogens is 2. The summed E-state index contributed by atoms with van der Waals surface area (Å²) in [5, 5.41) is 0.420. The third-order valence-corrected chi connectivity index (χ3v) is 6.68. The van der Waals surface area contributed by atoms with Crippen molar-refractivity contribution in [2.75, 3.05) is 13.1 Å². The summed E-state index contributed by atoms with van der Waals surface area (Å²) >= 11 is 12.6. The summed E-state index contributed by atoms with van der Waals surface area (Å²) < 4.78 is 11.4. The fraction of sp³-hybridized carbons (Fsp3) is 0.174. The third-order valence-electron chi connectivity index (χ3n) is 6.09. The molecule has 1 atom stereocenters. The van der Waals surface area contributed by atoms with Crippen molar-refractivity contribution < 1.29 is 24.0 Å². The molecule has 4 aromatic rings. The van der Waals surface area contributed by atoms with Gasteiger partial charge in [-0.2, -0.15) is 4.98 Å². The van der Waals surface area contributed by atoms with Gasteiger partial charge in [0.1, 0.15) is 5.75 Å². The molecule has 11 heteroatoms. The van der Waals surface area contributed by atoms with E-state index in [0.29, 0.717) is 41.0 Å². The number of nitrogens with one attached hydrogen (secondary N) is 2. The van der Waals surface area contributed by atoms with E-state index >= 15 is 0 Å². The quantitative estimate of drug-likeness (QED) is 0.341. The lowest BCUT2D eigenvalue weighted by Crippen LogP contribution is -2.34. The minimum Gasteiger partial charge on any atom is -0.449 e. The van der Waals surface area contributed by atoms with Gasteiger partial charge in [-0.05, 0) is 23.2 Å². The first kappa shape index (κ1) is 20.9. The Morgan fingerprint density at radius 1 is 1.21 bits per heavy atom. The largest absolute Gasteiger partial charge is 0.449 e. The van der Waals surface area contributed by atoms with Crippen LogP contribution in [0.5, 0.6) is 11.8 Å². The van der Waals surface area contributed by atoms with Crippen molar-refractivity contribution in [3.63, 3.8) is 0 Å². The average molecular weight is 497 g/mol. The van der Waals surface area contributed by atoms with E-state index in [1.807, 2.05) is 12.1 Å². The Kier molecular flexibility index (Phi) is 4.72. The molecule has 0 aliphatic carbocycles. The molecule has 4 heterocycles. The number of esters is 1. The van der Waals surface area contributed by atoms with Crippen molar-refractivity contribution in [3.8, 4) is 11.8 Å². The number of hydrogen-bond donors (Lipinski definition) is 1. The number of carbonyl (C=O) groups excluding carboxylic acids is 2. The van der Waals surface area contributed by atoms with Gasteiger partial charge in [0, 0.05) is 24.6 Å². The number of ether oxygens (including phenoxy) is 2. The highest BCUT2D eigenvalue weighted by molar-refractivity contribution is 6.34. The topological polar surface area (TPSA) is 112 Å². The molecule has 34 heavy (non-hydrogen) atoms. The number of fused-ring (bicyclic) bond motifs is 3.